The summed E-state index contributed by atoms with van der Waals surface area (Å²) < 4.78 is 18.0. The fraction of sp³-hybridized carbons (Fsp3) is 0.500. The second-order valence-corrected chi connectivity index (χ2v) is 4.53. The van der Waals surface area contributed by atoms with Crippen LogP contribution in [0.3, 0.4) is 0 Å². The van der Waals surface area contributed by atoms with Crippen LogP contribution in [0.5, 0.6) is 0 Å². The molecular formula is C14H21FN2O2. The van der Waals surface area contributed by atoms with Crippen LogP contribution in [0.4, 0.5) is 4.39 Å². The highest BCUT2D eigenvalue weighted by Crippen LogP contribution is 2.20. The van der Waals surface area contributed by atoms with E-state index in [4.69, 9.17) is 10.5 Å². The van der Waals surface area contributed by atoms with Gasteiger partial charge >= 0.3 is 0 Å². The maximum absolute atomic E-state index is 12.9. The van der Waals surface area contributed by atoms with Gasteiger partial charge in [0.2, 0.25) is 5.91 Å². The van der Waals surface area contributed by atoms with E-state index >= 15 is 0 Å². The van der Waals surface area contributed by atoms with Crippen LogP contribution >= 0.6 is 0 Å². The molecule has 4 nitrogen and oxygen atoms in total. The van der Waals surface area contributed by atoms with Crippen molar-refractivity contribution in [2.45, 2.75) is 25.5 Å². The topological polar surface area (TPSA) is 55.6 Å². The summed E-state index contributed by atoms with van der Waals surface area (Å²) in [6, 6.07) is 6.02. The Morgan fingerprint density at radius 1 is 1.42 bits per heavy atom. The number of halogens is 1. The van der Waals surface area contributed by atoms with Crippen molar-refractivity contribution in [3.8, 4) is 0 Å². The lowest BCUT2D eigenvalue weighted by Crippen LogP contribution is -2.35. The smallest absolute Gasteiger partial charge is 0.225 e. The Hall–Kier alpha value is -1.46. The highest BCUT2D eigenvalue weighted by atomic mass is 19.1. The fourth-order valence-corrected chi connectivity index (χ4v) is 1.78. The molecule has 0 radical (unpaired) electrons. The van der Waals surface area contributed by atoms with E-state index in [9.17, 15) is 9.18 Å². The molecule has 5 heteroatoms. The third-order valence-corrected chi connectivity index (χ3v) is 3.33. The van der Waals surface area contributed by atoms with Crippen LogP contribution in [0.15, 0.2) is 24.3 Å². The number of hydrogen-bond acceptors (Lipinski definition) is 3. The Morgan fingerprint density at radius 3 is 2.47 bits per heavy atom. The van der Waals surface area contributed by atoms with E-state index < -0.39 is 0 Å². The predicted molar refractivity (Wildman–Crippen MR) is 72.1 cm³/mol. The van der Waals surface area contributed by atoms with Crippen LogP contribution in [-0.2, 0) is 9.53 Å². The predicted octanol–water partition coefficient (Wildman–Crippen LogP) is 1.71. The van der Waals surface area contributed by atoms with Crippen molar-refractivity contribution in [3.05, 3.63) is 35.6 Å². The number of amides is 1. The van der Waals surface area contributed by atoms with Gasteiger partial charge in [-0.05, 0) is 24.6 Å². The van der Waals surface area contributed by atoms with Gasteiger partial charge in [0.1, 0.15) is 5.82 Å². The largest absolute Gasteiger partial charge is 0.380 e. The molecule has 0 aliphatic carbocycles. The summed E-state index contributed by atoms with van der Waals surface area (Å²) in [5, 5.41) is 0. The van der Waals surface area contributed by atoms with Crippen LogP contribution in [0.2, 0.25) is 0 Å². The summed E-state index contributed by atoms with van der Waals surface area (Å²) in [5.74, 6) is -0.332. The molecular weight excluding hydrogens is 247 g/mol. The van der Waals surface area contributed by atoms with Crippen molar-refractivity contribution in [1.29, 1.82) is 0 Å². The minimum Gasteiger partial charge on any atom is -0.380 e. The number of nitrogens with zero attached hydrogens (tertiary/aromatic N) is 1. The van der Waals surface area contributed by atoms with Crippen LogP contribution in [0.25, 0.3) is 0 Å². The van der Waals surface area contributed by atoms with Gasteiger partial charge in [0.15, 0.2) is 0 Å². The van der Waals surface area contributed by atoms with Crippen molar-refractivity contribution < 1.29 is 13.9 Å². The van der Waals surface area contributed by atoms with Crippen molar-refractivity contribution in [1.82, 2.24) is 4.90 Å². The number of methoxy groups -OCH3 is 1. The first-order chi connectivity index (χ1) is 8.99. The van der Waals surface area contributed by atoms with Gasteiger partial charge in [-0.15, -0.1) is 0 Å². The number of nitrogens with two attached hydrogens (primary N) is 1. The monoisotopic (exact) mass is 268 g/mol. The normalized spacial score (nSPS) is 13.9. The molecule has 2 atom stereocenters. The van der Waals surface area contributed by atoms with E-state index in [0.29, 0.717) is 6.54 Å². The molecule has 0 saturated carbocycles. The molecule has 2 N–H and O–H groups in total. The number of ether oxygens (including phenoxy) is 1. The van der Waals surface area contributed by atoms with Crippen molar-refractivity contribution in [3.63, 3.8) is 0 Å². The van der Waals surface area contributed by atoms with E-state index in [1.165, 1.54) is 19.2 Å². The Labute approximate surface area is 113 Å². The zero-order valence-corrected chi connectivity index (χ0v) is 11.6. The molecule has 0 fully saturated rings. The summed E-state index contributed by atoms with van der Waals surface area (Å²) >= 11 is 0. The molecule has 0 spiro atoms. The van der Waals surface area contributed by atoms with Crippen LogP contribution in [0, 0.1) is 5.82 Å². The Balaban J connectivity index is 2.68. The number of rotatable bonds is 6. The molecule has 1 aromatic rings. The van der Waals surface area contributed by atoms with Crippen molar-refractivity contribution >= 4 is 5.91 Å². The zero-order chi connectivity index (χ0) is 14.4. The quantitative estimate of drug-likeness (QED) is 0.854. The summed E-state index contributed by atoms with van der Waals surface area (Å²) in [6.07, 6.45) is -0.0231. The Kier molecular flexibility index (Phi) is 5.92. The van der Waals surface area contributed by atoms with Crippen LogP contribution in [-0.4, -0.2) is 37.6 Å². The minimum absolute atomic E-state index is 0.0471. The molecule has 2 unspecified atom stereocenters. The second-order valence-electron chi connectivity index (χ2n) is 4.53. The van der Waals surface area contributed by atoms with E-state index in [2.05, 4.69) is 0 Å². The molecule has 1 aromatic carbocycles. The van der Waals surface area contributed by atoms with E-state index in [0.717, 1.165) is 5.56 Å². The lowest BCUT2D eigenvalue weighted by molar-refractivity contribution is -0.134. The van der Waals surface area contributed by atoms with Crippen LogP contribution in [0.1, 0.15) is 24.9 Å². The maximum atomic E-state index is 12.9. The van der Waals surface area contributed by atoms with Crippen molar-refractivity contribution in [2.24, 2.45) is 5.73 Å². The lowest BCUT2D eigenvalue weighted by Gasteiger charge is -2.26. The van der Waals surface area contributed by atoms with Gasteiger partial charge in [-0.1, -0.05) is 12.1 Å². The number of benzene rings is 1. The standard InChI is InChI=1S/C14H21FN2O2/c1-10(11-4-6-12(15)7-5-11)17(2)14(18)8-13(9-16)19-3/h4-7,10,13H,8-9,16H2,1-3H3. The SMILES string of the molecule is COC(CN)CC(=O)N(C)C(C)c1ccc(F)cc1. The summed E-state index contributed by atoms with van der Waals surface area (Å²) in [4.78, 5) is 13.7. The van der Waals surface area contributed by atoms with Gasteiger partial charge in [0.25, 0.3) is 0 Å². The van der Waals surface area contributed by atoms with Gasteiger partial charge in [0.05, 0.1) is 18.6 Å². The average Bonchev–Trinajstić information content (AvgIpc) is 2.43. The minimum atomic E-state index is -0.285. The van der Waals surface area contributed by atoms with E-state index in [1.807, 2.05) is 6.92 Å². The van der Waals surface area contributed by atoms with Crippen molar-refractivity contribution in [2.75, 3.05) is 20.7 Å². The van der Waals surface area contributed by atoms with E-state index in [1.54, 1.807) is 24.1 Å². The molecule has 19 heavy (non-hydrogen) atoms. The fourth-order valence-electron chi connectivity index (χ4n) is 1.78. The maximum Gasteiger partial charge on any atom is 0.225 e. The number of hydrogen-bond donors (Lipinski definition) is 1. The third-order valence-electron chi connectivity index (χ3n) is 3.33. The van der Waals surface area contributed by atoms with Gasteiger partial charge in [-0.25, -0.2) is 4.39 Å². The molecule has 106 valence electrons. The van der Waals surface area contributed by atoms with Gasteiger partial charge < -0.3 is 15.4 Å². The Morgan fingerprint density at radius 2 is 2.00 bits per heavy atom. The van der Waals surface area contributed by atoms with E-state index in [-0.39, 0.29) is 30.3 Å². The van der Waals surface area contributed by atoms with Gasteiger partial charge in [-0.2, -0.15) is 0 Å². The molecule has 1 rings (SSSR count). The number of carbonyl (C=O) groups is 1. The summed E-state index contributed by atoms with van der Waals surface area (Å²) in [7, 11) is 3.26. The molecule has 0 aliphatic rings. The Bertz CT molecular complexity index is 404. The molecule has 0 aromatic heterocycles. The summed E-state index contributed by atoms with van der Waals surface area (Å²) in [6.45, 7) is 2.20. The number of carbonyl (C=O) groups excluding carboxylic acids is 1. The highest BCUT2D eigenvalue weighted by molar-refractivity contribution is 5.77. The molecule has 1 amide bonds. The zero-order valence-electron chi connectivity index (χ0n) is 11.6. The molecule has 0 aliphatic heterocycles. The van der Waals surface area contributed by atoms with Gasteiger partial charge in [0, 0.05) is 20.7 Å². The molecule has 0 bridgehead atoms. The first-order valence-corrected chi connectivity index (χ1v) is 6.23. The van der Waals surface area contributed by atoms with Crippen LogP contribution < -0.4 is 5.73 Å². The third kappa shape index (κ3) is 4.29. The second kappa shape index (κ2) is 7.21. The summed E-state index contributed by atoms with van der Waals surface area (Å²) in [5.41, 5.74) is 6.39. The van der Waals surface area contributed by atoms with Gasteiger partial charge in [-0.3, -0.25) is 4.79 Å². The first-order valence-electron chi connectivity index (χ1n) is 6.23. The molecule has 0 saturated heterocycles. The lowest BCUT2D eigenvalue weighted by atomic mass is 10.1. The average molecular weight is 268 g/mol. The first kappa shape index (κ1) is 15.6. The highest BCUT2D eigenvalue weighted by Gasteiger charge is 2.20. The molecule has 0 heterocycles.